The molecule has 0 saturated carbocycles. The third-order valence-corrected chi connectivity index (χ3v) is 5.75. The second-order valence-electron chi connectivity index (χ2n) is 7.80. The highest BCUT2D eigenvalue weighted by Gasteiger charge is 3.00. The van der Waals surface area contributed by atoms with Gasteiger partial charge in [0, 0.05) is 0 Å². The van der Waals surface area contributed by atoms with Gasteiger partial charge in [-0.3, -0.25) is 4.55 Å². The van der Waals surface area contributed by atoms with Gasteiger partial charge in [0.1, 0.15) is 0 Å². The summed E-state index contributed by atoms with van der Waals surface area (Å²) in [5.41, 5.74) is 0. The van der Waals surface area contributed by atoms with Crippen LogP contribution in [0.2, 0.25) is 0 Å². The van der Waals surface area contributed by atoms with E-state index < -0.39 is 87.1 Å². The van der Waals surface area contributed by atoms with Crippen molar-refractivity contribution in [2.75, 3.05) is 0 Å². The number of halogens is 27. The molecule has 0 aromatic rings. The highest BCUT2D eigenvalue weighted by atomic mass is 32.2. The number of hydrogen-bond donors (Lipinski definition) is 1. The summed E-state index contributed by atoms with van der Waals surface area (Å²) in [6.45, 7) is 0. The summed E-state index contributed by atoms with van der Waals surface area (Å²) >= 11 is 0. The van der Waals surface area contributed by atoms with E-state index in [1.54, 1.807) is 0 Å². The van der Waals surface area contributed by atoms with E-state index in [9.17, 15) is 127 Å². The molecule has 45 heavy (non-hydrogen) atoms. The van der Waals surface area contributed by atoms with Gasteiger partial charge < -0.3 is 0 Å². The molecular formula is C13HF27O4S. The van der Waals surface area contributed by atoms with Gasteiger partial charge in [0.2, 0.25) is 0 Å². The van der Waals surface area contributed by atoms with E-state index >= 15 is 0 Å². The summed E-state index contributed by atoms with van der Waals surface area (Å²) in [7, 11) is -8.30. The van der Waals surface area contributed by atoms with Crippen LogP contribution in [-0.2, 0) is 14.9 Å². The van der Waals surface area contributed by atoms with Gasteiger partial charge in [0.25, 0.3) is 0 Å². The van der Waals surface area contributed by atoms with Gasteiger partial charge in [-0.05, 0) is 0 Å². The Hall–Kier alpha value is -2.02. The molecule has 0 rings (SSSR count). The summed E-state index contributed by atoms with van der Waals surface area (Å²) in [6.07, 6.45) is -15.8. The standard InChI is InChI=1S/C13HF27O4S/c14-1(15,3(18,19)5(22,23)7(26,27)9(30,31)11(34,35)44-13(38,39)40)2(16,17)4(20,21)6(24,25)8(28,29)10(32,33)12(36,37)45(41,42)43/h(H,41,42,43). The molecule has 0 atom stereocenters. The molecule has 0 amide bonds. The predicted molar refractivity (Wildman–Crippen MR) is 78.1 cm³/mol. The Bertz CT molecular complexity index is 1210. The quantitative estimate of drug-likeness (QED) is 0.153. The van der Waals surface area contributed by atoms with Crippen molar-refractivity contribution in [3.63, 3.8) is 0 Å². The maximum Gasteiger partial charge on any atom is 0.527 e. The Kier molecular flexibility index (Phi) is 9.78. The van der Waals surface area contributed by atoms with Gasteiger partial charge in [-0.25, -0.2) is 4.74 Å². The third kappa shape index (κ3) is 5.35. The minimum atomic E-state index is -9.90. The fourth-order valence-electron chi connectivity index (χ4n) is 2.31. The maximum atomic E-state index is 13.6. The van der Waals surface area contributed by atoms with Crippen LogP contribution in [-0.4, -0.2) is 89.9 Å². The highest BCUT2D eigenvalue weighted by molar-refractivity contribution is 7.87. The van der Waals surface area contributed by atoms with Crippen LogP contribution in [0.3, 0.4) is 0 Å². The Morgan fingerprint density at radius 3 is 0.689 bits per heavy atom. The molecule has 0 bridgehead atoms. The molecule has 0 aliphatic heterocycles. The minimum Gasteiger partial charge on any atom is -0.281 e. The van der Waals surface area contributed by atoms with Crippen molar-refractivity contribution in [2.24, 2.45) is 0 Å². The normalized spacial score (nSPS) is 17.2. The lowest BCUT2D eigenvalue weighted by Crippen LogP contribution is -2.78. The Balaban J connectivity index is 7.49. The minimum absolute atomic E-state index is 0.884. The molecule has 0 aromatic heterocycles. The van der Waals surface area contributed by atoms with Crippen LogP contribution in [0.25, 0.3) is 0 Å². The van der Waals surface area contributed by atoms with Gasteiger partial charge in [-0.15, -0.1) is 13.2 Å². The number of rotatable bonds is 13. The van der Waals surface area contributed by atoms with E-state index in [4.69, 9.17) is 4.55 Å². The Morgan fingerprint density at radius 2 is 0.511 bits per heavy atom. The SMILES string of the molecule is O=S(=O)(O)C(F)(F)C(F)(F)C(F)(F)C(F)(F)C(F)(F)C(F)(F)C(F)(F)C(F)(F)C(F)(F)C(F)(F)C(F)(F)C(F)(F)OC(F)(F)F. The lowest BCUT2D eigenvalue weighted by Gasteiger charge is -2.45. The van der Waals surface area contributed by atoms with E-state index in [1.165, 1.54) is 0 Å². The highest BCUT2D eigenvalue weighted by Crippen LogP contribution is 2.68. The molecule has 0 fully saturated rings. The van der Waals surface area contributed by atoms with Crippen LogP contribution in [0.15, 0.2) is 0 Å². The lowest BCUT2D eigenvalue weighted by molar-refractivity contribution is -0.512. The zero-order valence-electron chi connectivity index (χ0n) is 18.8. The third-order valence-electron chi connectivity index (χ3n) is 4.85. The average Bonchev–Trinajstić information content (AvgIpc) is 2.75. The molecular weight excluding hydrogens is 765 g/mol. The van der Waals surface area contributed by atoms with Crippen LogP contribution < -0.4 is 0 Å². The molecule has 0 radical (unpaired) electrons. The zero-order valence-corrected chi connectivity index (χ0v) is 19.6. The van der Waals surface area contributed by atoms with E-state index in [0.29, 0.717) is 0 Å². The van der Waals surface area contributed by atoms with Crippen molar-refractivity contribution >= 4 is 10.1 Å². The number of hydrogen-bond acceptors (Lipinski definition) is 3. The topological polar surface area (TPSA) is 63.6 Å². The van der Waals surface area contributed by atoms with E-state index in [0.717, 1.165) is 4.74 Å². The molecule has 272 valence electrons. The first-order valence-corrected chi connectivity index (χ1v) is 10.4. The van der Waals surface area contributed by atoms with Gasteiger partial charge in [0.05, 0.1) is 0 Å². The zero-order chi connectivity index (χ0) is 37.7. The molecule has 1 N–H and O–H groups in total. The van der Waals surface area contributed by atoms with Crippen LogP contribution in [0, 0.1) is 0 Å². The molecule has 0 aliphatic rings. The second-order valence-corrected chi connectivity index (χ2v) is 9.26. The number of ether oxygens (including phenoxy) is 1. The average molecular weight is 766 g/mol. The summed E-state index contributed by atoms with van der Waals surface area (Å²) in [6, 6.07) is 0. The first-order valence-electron chi connectivity index (χ1n) is 8.98. The molecule has 0 saturated heterocycles. The fraction of sp³-hybridized carbons (Fsp3) is 1.00. The van der Waals surface area contributed by atoms with E-state index in [2.05, 4.69) is 0 Å². The summed E-state index contributed by atoms with van der Waals surface area (Å²) < 4.78 is 385. The molecule has 0 aliphatic carbocycles. The van der Waals surface area contributed by atoms with Crippen molar-refractivity contribution in [3.8, 4) is 0 Å². The molecule has 0 aromatic carbocycles. The first-order chi connectivity index (χ1) is 18.7. The Morgan fingerprint density at radius 1 is 0.333 bits per heavy atom. The van der Waals surface area contributed by atoms with Crippen LogP contribution >= 0.6 is 0 Å². The van der Waals surface area contributed by atoms with Crippen LogP contribution in [0.5, 0.6) is 0 Å². The van der Waals surface area contributed by atoms with Gasteiger partial charge in [0.15, 0.2) is 0 Å². The van der Waals surface area contributed by atoms with E-state index in [-0.39, 0.29) is 0 Å². The van der Waals surface area contributed by atoms with Crippen molar-refractivity contribution < 1.29 is 136 Å². The molecule has 32 heteroatoms. The second kappa shape index (κ2) is 10.2. The summed E-state index contributed by atoms with van der Waals surface area (Å²) in [5.74, 6) is -95.6. The van der Waals surface area contributed by atoms with Crippen LogP contribution in [0.4, 0.5) is 119 Å². The van der Waals surface area contributed by atoms with Crippen molar-refractivity contribution in [3.05, 3.63) is 0 Å². The fourth-order valence-corrected chi connectivity index (χ4v) is 2.77. The van der Waals surface area contributed by atoms with Gasteiger partial charge in [-0.2, -0.15) is 114 Å². The Labute approximate surface area is 224 Å². The lowest BCUT2D eigenvalue weighted by atomic mass is 9.85. The smallest absolute Gasteiger partial charge is 0.281 e. The molecule has 4 nitrogen and oxygen atoms in total. The first kappa shape index (κ1) is 43.0. The van der Waals surface area contributed by atoms with E-state index in [1.807, 2.05) is 0 Å². The largest absolute Gasteiger partial charge is 0.527 e. The van der Waals surface area contributed by atoms with Crippen molar-refractivity contribution in [2.45, 2.75) is 77.0 Å². The van der Waals surface area contributed by atoms with Crippen molar-refractivity contribution in [1.29, 1.82) is 0 Å². The monoisotopic (exact) mass is 766 g/mol. The number of alkyl halides is 27. The van der Waals surface area contributed by atoms with Gasteiger partial charge in [-0.1, -0.05) is 0 Å². The summed E-state index contributed by atoms with van der Waals surface area (Å²) in [4.78, 5) is 0. The molecule has 0 unspecified atom stereocenters. The van der Waals surface area contributed by atoms with Crippen molar-refractivity contribution in [1.82, 2.24) is 0 Å². The maximum absolute atomic E-state index is 13.6. The molecule has 0 heterocycles. The summed E-state index contributed by atoms with van der Waals surface area (Å²) in [5, 5.41) is -8.28. The van der Waals surface area contributed by atoms with Gasteiger partial charge >= 0.3 is 87.1 Å². The molecule has 0 spiro atoms. The predicted octanol–water partition coefficient (Wildman–Crippen LogP) is 7.95. The van der Waals surface area contributed by atoms with Crippen LogP contribution in [0.1, 0.15) is 0 Å².